The van der Waals surface area contributed by atoms with E-state index in [1.807, 2.05) is 48.5 Å². The minimum Gasteiger partial charge on any atom is -0.493 e. The lowest BCUT2D eigenvalue weighted by Gasteiger charge is -2.12. The molecule has 0 aliphatic heterocycles. The van der Waals surface area contributed by atoms with Crippen LogP contribution >= 0.6 is 15.9 Å². The second-order valence-corrected chi connectivity index (χ2v) is 9.07. The van der Waals surface area contributed by atoms with Gasteiger partial charge in [0.2, 0.25) is 0 Å². The summed E-state index contributed by atoms with van der Waals surface area (Å²) in [5.74, 6) is 1.82. The van der Waals surface area contributed by atoms with Gasteiger partial charge in [-0.2, -0.15) is 0 Å². The van der Waals surface area contributed by atoms with E-state index in [2.05, 4.69) is 57.9 Å². The van der Waals surface area contributed by atoms with Gasteiger partial charge in [0.15, 0.2) is 0 Å². The number of halogens is 1. The molecule has 0 aliphatic rings. The van der Waals surface area contributed by atoms with Crippen molar-refractivity contribution in [2.45, 2.75) is 33.2 Å². The van der Waals surface area contributed by atoms with Crippen LogP contribution in [0.1, 0.15) is 33.7 Å². The lowest BCUT2D eigenvalue weighted by Crippen LogP contribution is -2.26. The van der Waals surface area contributed by atoms with Gasteiger partial charge >= 0.3 is 0 Å². The zero-order valence-electron chi connectivity index (χ0n) is 19.0. The Morgan fingerprint density at radius 2 is 1.91 bits per heavy atom. The largest absolute Gasteiger partial charge is 0.493 e. The summed E-state index contributed by atoms with van der Waals surface area (Å²) >= 11 is 3.41. The summed E-state index contributed by atoms with van der Waals surface area (Å²) in [6, 6.07) is 21.8. The zero-order valence-corrected chi connectivity index (χ0v) is 20.6. The number of aryl methyl sites for hydroxylation is 3. The number of para-hydroxylation sites is 2. The molecule has 0 fully saturated rings. The average Bonchev–Trinajstić information content (AvgIpc) is 3.15. The van der Waals surface area contributed by atoms with Crippen molar-refractivity contribution in [3.8, 4) is 5.75 Å². The van der Waals surface area contributed by atoms with Crippen molar-refractivity contribution in [2.24, 2.45) is 0 Å². The molecule has 0 atom stereocenters. The maximum absolute atomic E-state index is 12.5. The summed E-state index contributed by atoms with van der Waals surface area (Å²) in [6.07, 6.45) is 1.53. The molecule has 6 heteroatoms. The Labute approximate surface area is 202 Å². The number of hydrogen-bond acceptors (Lipinski definition) is 3. The molecule has 170 valence electrons. The number of benzene rings is 3. The van der Waals surface area contributed by atoms with Gasteiger partial charge in [-0.1, -0.05) is 51.8 Å². The Balaban J connectivity index is 1.38. The number of carbonyl (C=O) groups is 1. The Hall–Kier alpha value is -3.12. The molecule has 1 amide bonds. The SMILES string of the molecule is Cc1ccc(OCCCn2c(CCNC(=O)c3cccc(Br)c3)nc3ccccc32)c(C)c1. The van der Waals surface area contributed by atoms with Gasteiger partial charge in [-0.15, -0.1) is 0 Å². The standard InChI is InChI=1S/C27H28BrN3O2/c1-19-11-12-25(20(2)17-19)33-16-6-15-31-24-10-4-3-9-23(24)30-26(31)13-14-29-27(32)21-7-5-8-22(28)18-21/h3-5,7-12,17-18H,6,13-16H2,1-2H3,(H,29,32). The van der Waals surface area contributed by atoms with Crippen LogP contribution in [0.15, 0.2) is 71.2 Å². The van der Waals surface area contributed by atoms with Crippen molar-refractivity contribution in [3.05, 3.63) is 93.7 Å². The van der Waals surface area contributed by atoms with Gasteiger partial charge in [0, 0.05) is 29.5 Å². The van der Waals surface area contributed by atoms with Crippen LogP contribution in [-0.2, 0) is 13.0 Å². The minimum atomic E-state index is -0.0826. The molecule has 3 aromatic carbocycles. The molecule has 0 saturated heterocycles. The number of rotatable bonds is 9. The number of imidazole rings is 1. The fourth-order valence-corrected chi connectivity index (χ4v) is 4.35. The Kier molecular flexibility index (Phi) is 7.45. The van der Waals surface area contributed by atoms with Crippen LogP contribution < -0.4 is 10.1 Å². The average molecular weight is 506 g/mol. The zero-order chi connectivity index (χ0) is 23.2. The molecule has 0 saturated carbocycles. The van der Waals surface area contributed by atoms with Crippen LogP contribution in [0, 0.1) is 13.8 Å². The van der Waals surface area contributed by atoms with Crippen molar-refractivity contribution < 1.29 is 9.53 Å². The first-order valence-corrected chi connectivity index (χ1v) is 12.0. The molecule has 0 spiro atoms. The van der Waals surface area contributed by atoms with Gasteiger partial charge in [0.25, 0.3) is 5.91 Å². The van der Waals surface area contributed by atoms with Gasteiger partial charge in [-0.05, 0) is 62.2 Å². The molecule has 1 N–H and O–H groups in total. The molecule has 5 nitrogen and oxygen atoms in total. The summed E-state index contributed by atoms with van der Waals surface area (Å²) in [4.78, 5) is 17.3. The molecular formula is C27H28BrN3O2. The third kappa shape index (κ3) is 5.82. The van der Waals surface area contributed by atoms with E-state index in [4.69, 9.17) is 9.72 Å². The highest BCUT2D eigenvalue weighted by Crippen LogP contribution is 2.20. The van der Waals surface area contributed by atoms with Crippen molar-refractivity contribution >= 4 is 32.9 Å². The lowest BCUT2D eigenvalue weighted by molar-refractivity contribution is 0.0954. The number of nitrogens with zero attached hydrogens (tertiary/aromatic N) is 2. The maximum Gasteiger partial charge on any atom is 0.251 e. The van der Waals surface area contributed by atoms with Crippen molar-refractivity contribution in [1.82, 2.24) is 14.9 Å². The second kappa shape index (κ2) is 10.7. The number of carbonyl (C=O) groups excluding carboxylic acids is 1. The Morgan fingerprint density at radius 1 is 1.06 bits per heavy atom. The third-order valence-electron chi connectivity index (χ3n) is 5.57. The van der Waals surface area contributed by atoms with E-state index in [0.717, 1.165) is 45.6 Å². The number of fused-ring (bicyclic) bond motifs is 1. The van der Waals surface area contributed by atoms with E-state index in [9.17, 15) is 4.79 Å². The summed E-state index contributed by atoms with van der Waals surface area (Å²) < 4.78 is 9.15. The van der Waals surface area contributed by atoms with E-state index in [1.165, 1.54) is 5.56 Å². The first-order valence-electron chi connectivity index (χ1n) is 11.2. The molecule has 33 heavy (non-hydrogen) atoms. The summed E-state index contributed by atoms with van der Waals surface area (Å²) in [5.41, 5.74) is 5.12. The molecular weight excluding hydrogens is 478 g/mol. The first kappa shape index (κ1) is 23.1. The van der Waals surface area contributed by atoms with Crippen molar-refractivity contribution in [1.29, 1.82) is 0 Å². The topological polar surface area (TPSA) is 56.1 Å². The quantitative estimate of drug-likeness (QED) is 0.290. The summed E-state index contributed by atoms with van der Waals surface area (Å²) in [6.45, 7) is 6.12. The normalized spacial score (nSPS) is 11.0. The molecule has 4 aromatic rings. The fraction of sp³-hybridized carbons (Fsp3) is 0.259. The van der Waals surface area contributed by atoms with Crippen molar-refractivity contribution in [3.63, 3.8) is 0 Å². The molecule has 4 rings (SSSR count). The van der Waals surface area contributed by atoms with Gasteiger partial charge in [-0.3, -0.25) is 4.79 Å². The van der Waals surface area contributed by atoms with Crippen molar-refractivity contribution in [2.75, 3.05) is 13.2 Å². The van der Waals surface area contributed by atoms with Gasteiger partial charge in [0.05, 0.1) is 17.6 Å². The summed E-state index contributed by atoms with van der Waals surface area (Å²) in [5, 5.41) is 3.01. The Bertz CT molecular complexity index is 1270. The van der Waals surface area contributed by atoms with Crippen LogP contribution in [0.4, 0.5) is 0 Å². The number of hydrogen-bond donors (Lipinski definition) is 1. The van der Waals surface area contributed by atoms with Gasteiger partial charge in [-0.25, -0.2) is 4.98 Å². The van der Waals surface area contributed by atoms with E-state index < -0.39 is 0 Å². The fourth-order valence-electron chi connectivity index (χ4n) is 3.95. The number of amides is 1. The van der Waals surface area contributed by atoms with Crippen LogP contribution in [0.3, 0.4) is 0 Å². The van der Waals surface area contributed by atoms with E-state index in [-0.39, 0.29) is 5.91 Å². The molecule has 0 bridgehead atoms. The molecule has 0 radical (unpaired) electrons. The van der Waals surface area contributed by atoms with E-state index >= 15 is 0 Å². The highest BCUT2D eigenvalue weighted by molar-refractivity contribution is 9.10. The molecule has 0 aliphatic carbocycles. The van der Waals surface area contributed by atoms with E-state index in [1.54, 1.807) is 0 Å². The molecule has 1 aromatic heterocycles. The predicted octanol–water partition coefficient (Wildman–Crippen LogP) is 5.86. The molecule has 1 heterocycles. The monoisotopic (exact) mass is 505 g/mol. The second-order valence-electron chi connectivity index (χ2n) is 8.16. The lowest BCUT2D eigenvalue weighted by atomic mass is 10.1. The van der Waals surface area contributed by atoms with Gasteiger partial charge < -0.3 is 14.6 Å². The molecule has 0 unspecified atom stereocenters. The highest BCUT2D eigenvalue weighted by atomic mass is 79.9. The smallest absolute Gasteiger partial charge is 0.251 e. The van der Waals surface area contributed by atoms with Crippen LogP contribution in [0.5, 0.6) is 5.75 Å². The number of nitrogens with one attached hydrogen (secondary N) is 1. The van der Waals surface area contributed by atoms with Crippen LogP contribution in [-0.4, -0.2) is 28.6 Å². The van der Waals surface area contributed by atoms with Crippen LogP contribution in [0.2, 0.25) is 0 Å². The maximum atomic E-state index is 12.5. The predicted molar refractivity (Wildman–Crippen MR) is 136 cm³/mol. The van der Waals surface area contributed by atoms with Gasteiger partial charge in [0.1, 0.15) is 11.6 Å². The number of ether oxygens (including phenoxy) is 1. The third-order valence-corrected chi connectivity index (χ3v) is 6.06. The van der Waals surface area contributed by atoms with Crippen LogP contribution in [0.25, 0.3) is 11.0 Å². The highest BCUT2D eigenvalue weighted by Gasteiger charge is 2.12. The number of aromatic nitrogens is 2. The first-order chi connectivity index (χ1) is 16.0. The van der Waals surface area contributed by atoms with E-state index in [0.29, 0.717) is 25.1 Å². The summed E-state index contributed by atoms with van der Waals surface area (Å²) in [7, 11) is 0. The Morgan fingerprint density at radius 3 is 2.73 bits per heavy atom. The minimum absolute atomic E-state index is 0.0826.